The third kappa shape index (κ3) is 3.59. The van der Waals surface area contributed by atoms with E-state index in [1.807, 2.05) is 33.8 Å². The van der Waals surface area contributed by atoms with Gasteiger partial charge in [-0.25, -0.2) is 9.67 Å². The zero-order valence-corrected chi connectivity index (χ0v) is 15.4. The van der Waals surface area contributed by atoms with Crippen LogP contribution in [0.1, 0.15) is 56.1 Å². The SMILES string of the molecule is COc1ccccc1-n1nc(C2CC2)nc1CCN1CCCCCC1=O. The van der Waals surface area contributed by atoms with Gasteiger partial charge in [-0.1, -0.05) is 18.6 Å². The first-order valence-electron chi connectivity index (χ1n) is 9.63. The summed E-state index contributed by atoms with van der Waals surface area (Å²) in [4.78, 5) is 19.1. The van der Waals surface area contributed by atoms with E-state index >= 15 is 0 Å². The lowest BCUT2D eigenvalue weighted by atomic mass is 10.2. The molecule has 0 unspecified atom stereocenters. The summed E-state index contributed by atoms with van der Waals surface area (Å²) in [5.41, 5.74) is 0.909. The van der Waals surface area contributed by atoms with Gasteiger partial charge in [0.1, 0.15) is 17.3 Å². The minimum Gasteiger partial charge on any atom is -0.494 e. The van der Waals surface area contributed by atoms with Gasteiger partial charge in [0, 0.05) is 31.8 Å². The largest absolute Gasteiger partial charge is 0.494 e. The van der Waals surface area contributed by atoms with Crippen LogP contribution in [0.15, 0.2) is 24.3 Å². The Kier molecular flexibility index (Phi) is 4.91. The van der Waals surface area contributed by atoms with Crippen molar-refractivity contribution in [1.82, 2.24) is 19.7 Å². The molecule has 6 nitrogen and oxygen atoms in total. The monoisotopic (exact) mass is 354 g/mol. The molecule has 0 atom stereocenters. The van der Waals surface area contributed by atoms with Crippen molar-refractivity contribution in [3.8, 4) is 11.4 Å². The minimum absolute atomic E-state index is 0.272. The highest BCUT2D eigenvalue weighted by Crippen LogP contribution is 2.38. The summed E-state index contributed by atoms with van der Waals surface area (Å²) in [6.45, 7) is 1.56. The fourth-order valence-electron chi connectivity index (χ4n) is 3.55. The summed E-state index contributed by atoms with van der Waals surface area (Å²) in [6.07, 6.45) is 6.97. The van der Waals surface area contributed by atoms with Crippen molar-refractivity contribution in [2.24, 2.45) is 0 Å². The summed E-state index contributed by atoms with van der Waals surface area (Å²) in [5, 5.41) is 4.77. The van der Waals surface area contributed by atoms with Gasteiger partial charge in [0.25, 0.3) is 0 Å². The van der Waals surface area contributed by atoms with Crippen molar-refractivity contribution in [1.29, 1.82) is 0 Å². The predicted molar refractivity (Wildman–Crippen MR) is 98.6 cm³/mol. The average molecular weight is 354 g/mol. The van der Waals surface area contributed by atoms with Crippen molar-refractivity contribution < 1.29 is 9.53 Å². The van der Waals surface area contributed by atoms with E-state index in [2.05, 4.69) is 0 Å². The molecule has 0 bridgehead atoms. The Morgan fingerprint density at radius 2 is 2.04 bits per heavy atom. The van der Waals surface area contributed by atoms with Crippen LogP contribution in [0.2, 0.25) is 0 Å². The van der Waals surface area contributed by atoms with Gasteiger partial charge in [-0.15, -0.1) is 0 Å². The molecule has 0 radical (unpaired) electrons. The van der Waals surface area contributed by atoms with E-state index in [1.54, 1.807) is 7.11 Å². The van der Waals surface area contributed by atoms with E-state index in [9.17, 15) is 4.79 Å². The van der Waals surface area contributed by atoms with Crippen molar-refractivity contribution in [3.05, 3.63) is 35.9 Å². The molecule has 138 valence electrons. The van der Waals surface area contributed by atoms with Crippen LogP contribution in [0.5, 0.6) is 5.75 Å². The predicted octanol–water partition coefficient (Wildman–Crippen LogP) is 3.10. The first-order valence-corrected chi connectivity index (χ1v) is 9.63. The van der Waals surface area contributed by atoms with Crippen LogP contribution in [0.25, 0.3) is 5.69 Å². The topological polar surface area (TPSA) is 60.2 Å². The molecule has 1 aliphatic heterocycles. The number of hydrogen-bond donors (Lipinski definition) is 0. The molecular weight excluding hydrogens is 328 g/mol. The summed E-state index contributed by atoms with van der Waals surface area (Å²) in [7, 11) is 1.67. The standard InChI is InChI=1S/C20H26N4O2/c1-26-17-8-5-4-7-16(17)24-18(21-20(22-24)15-10-11-15)12-14-23-13-6-2-3-9-19(23)25/h4-5,7-8,15H,2-3,6,9-14H2,1H3. The molecule has 1 saturated carbocycles. The van der Waals surface area contributed by atoms with E-state index in [1.165, 1.54) is 12.8 Å². The Morgan fingerprint density at radius 1 is 1.19 bits per heavy atom. The Balaban J connectivity index is 1.59. The number of aromatic nitrogens is 3. The molecule has 4 rings (SSSR count). The number of nitrogens with zero attached hydrogens (tertiary/aromatic N) is 4. The van der Waals surface area contributed by atoms with Crippen LogP contribution in [0.4, 0.5) is 0 Å². The van der Waals surface area contributed by atoms with Crippen molar-refractivity contribution in [2.45, 2.75) is 50.9 Å². The molecule has 2 aromatic rings. The van der Waals surface area contributed by atoms with Crippen LogP contribution in [-0.2, 0) is 11.2 Å². The molecule has 26 heavy (non-hydrogen) atoms. The Hall–Kier alpha value is -2.37. The second kappa shape index (κ2) is 7.48. The Labute approximate surface area is 154 Å². The lowest BCUT2D eigenvalue weighted by Crippen LogP contribution is -2.32. The lowest BCUT2D eigenvalue weighted by molar-refractivity contribution is -0.130. The Bertz CT molecular complexity index is 782. The maximum Gasteiger partial charge on any atom is 0.222 e. The third-order valence-corrected chi connectivity index (χ3v) is 5.22. The van der Waals surface area contributed by atoms with E-state index in [4.69, 9.17) is 14.8 Å². The molecule has 1 aromatic carbocycles. The van der Waals surface area contributed by atoms with E-state index in [0.717, 1.165) is 48.9 Å². The van der Waals surface area contributed by atoms with Crippen LogP contribution >= 0.6 is 0 Å². The number of methoxy groups -OCH3 is 1. The van der Waals surface area contributed by atoms with Gasteiger partial charge in [-0.2, -0.15) is 5.10 Å². The first kappa shape index (κ1) is 17.1. The summed E-state index contributed by atoms with van der Waals surface area (Å²) in [5.74, 6) is 3.38. The number of benzene rings is 1. The average Bonchev–Trinajstić information content (AvgIpc) is 3.46. The number of likely N-dealkylation sites (tertiary alicyclic amines) is 1. The van der Waals surface area contributed by atoms with Crippen LogP contribution < -0.4 is 4.74 Å². The highest BCUT2D eigenvalue weighted by molar-refractivity contribution is 5.76. The quantitative estimate of drug-likeness (QED) is 0.800. The van der Waals surface area contributed by atoms with Gasteiger partial charge in [-0.05, 0) is 37.8 Å². The van der Waals surface area contributed by atoms with Gasteiger partial charge in [0.05, 0.1) is 7.11 Å². The molecule has 1 aromatic heterocycles. The number of hydrogen-bond acceptors (Lipinski definition) is 4. The smallest absolute Gasteiger partial charge is 0.222 e. The zero-order valence-electron chi connectivity index (χ0n) is 15.4. The second-order valence-corrected chi connectivity index (χ2v) is 7.19. The van der Waals surface area contributed by atoms with Gasteiger partial charge >= 0.3 is 0 Å². The molecular formula is C20H26N4O2. The van der Waals surface area contributed by atoms with Gasteiger partial charge in [-0.3, -0.25) is 4.79 Å². The highest BCUT2D eigenvalue weighted by Gasteiger charge is 2.30. The molecule has 0 N–H and O–H groups in total. The molecule has 1 aliphatic carbocycles. The molecule has 2 fully saturated rings. The molecule has 6 heteroatoms. The number of amides is 1. The van der Waals surface area contributed by atoms with Crippen molar-refractivity contribution >= 4 is 5.91 Å². The van der Waals surface area contributed by atoms with Gasteiger partial charge < -0.3 is 9.64 Å². The number of carbonyl (C=O) groups excluding carboxylic acids is 1. The minimum atomic E-state index is 0.272. The summed E-state index contributed by atoms with van der Waals surface area (Å²) < 4.78 is 7.43. The Morgan fingerprint density at radius 3 is 2.85 bits per heavy atom. The van der Waals surface area contributed by atoms with Crippen molar-refractivity contribution in [2.75, 3.05) is 20.2 Å². The number of rotatable bonds is 6. The maximum absolute atomic E-state index is 12.3. The molecule has 0 spiro atoms. The fourth-order valence-corrected chi connectivity index (χ4v) is 3.55. The van der Waals surface area contributed by atoms with E-state index in [0.29, 0.717) is 25.3 Å². The van der Waals surface area contributed by atoms with Crippen LogP contribution in [-0.4, -0.2) is 45.8 Å². The third-order valence-electron chi connectivity index (χ3n) is 5.22. The summed E-state index contributed by atoms with van der Waals surface area (Å²) >= 11 is 0. The molecule has 1 amide bonds. The van der Waals surface area contributed by atoms with Crippen molar-refractivity contribution in [3.63, 3.8) is 0 Å². The maximum atomic E-state index is 12.3. The summed E-state index contributed by atoms with van der Waals surface area (Å²) in [6, 6.07) is 7.88. The second-order valence-electron chi connectivity index (χ2n) is 7.19. The molecule has 2 heterocycles. The van der Waals surface area contributed by atoms with Crippen LogP contribution in [0.3, 0.4) is 0 Å². The first-order chi connectivity index (χ1) is 12.8. The van der Waals surface area contributed by atoms with E-state index in [-0.39, 0.29) is 5.91 Å². The molecule has 1 saturated heterocycles. The number of ether oxygens (including phenoxy) is 1. The fraction of sp³-hybridized carbons (Fsp3) is 0.550. The van der Waals surface area contributed by atoms with Gasteiger partial charge in [0.2, 0.25) is 5.91 Å². The number of carbonyl (C=O) groups is 1. The normalized spacial score (nSPS) is 18.0. The van der Waals surface area contributed by atoms with Gasteiger partial charge in [0.15, 0.2) is 5.82 Å². The highest BCUT2D eigenvalue weighted by atomic mass is 16.5. The molecule has 2 aliphatic rings. The number of para-hydroxylation sites is 2. The van der Waals surface area contributed by atoms with E-state index < -0.39 is 0 Å². The zero-order chi connectivity index (χ0) is 17.9. The lowest BCUT2D eigenvalue weighted by Gasteiger charge is -2.20. The van der Waals surface area contributed by atoms with Crippen LogP contribution in [0, 0.1) is 0 Å².